The minimum absolute atomic E-state index is 0.0463. The molecular weight excluding hydrogens is 403 g/mol. The minimum Gasteiger partial charge on any atom is -0.396 e. The van der Waals surface area contributed by atoms with Crippen LogP contribution in [0.25, 0.3) is 0 Å². The van der Waals surface area contributed by atoms with Crippen LogP contribution in [0.5, 0.6) is 0 Å². The molecule has 0 aliphatic carbocycles. The van der Waals surface area contributed by atoms with E-state index in [4.69, 9.17) is 4.74 Å². The number of rotatable bonds is 6. The second-order valence-electron chi connectivity index (χ2n) is 8.98. The number of benzene rings is 1. The van der Waals surface area contributed by atoms with E-state index in [1.165, 1.54) is 0 Å². The number of anilines is 2. The van der Waals surface area contributed by atoms with Crippen molar-refractivity contribution in [1.82, 2.24) is 0 Å². The van der Waals surface area contributed by atoms with Crippen molar-refractivity contribution in [3.63, 3.8) is 0 Å². The van der Waals surface area contributed by atoms with Crippen LogP contribution >= 0.6 is 0 Å². The van der Waals surface area contributed by atoms with Crippen molar-refractivity contribution in [2.75, 3.05) is 29.5 Å². The predicted octanol–water partition coefficient (Wildman–Crippen LogP) is 3.11. The predicted molar refractivity (Wildman–Crippen MR) is 116 cm³/mol. The minimum atomic E-state index is -3.21. The number of nitrogens with zero attached hydrogens (tertiary/aromatic N) is 2. The van der Waals surface area contributed by atoms with Gasteiger partial charge in [-0.1, -0.05) is 13.0 Å². The van der Waals surface area contributed by atoms with Crippen LogP contribution in [0.1, 0.15) is 25.3 Å². The highest BCUT2D eigenvalue weighted by molar-refractivity contribution is 6.72. The van der Waals surface area contributed by atoms with Crippen molar-refractivity contribution in [2.24, 2.45) is 5.92 Å². The summed E-state index contributed by atoms with van der Waals surface area (Å²) in [5.41, 5.74) is 0.378. The molecule has 0 bridgehead atoms. The van der Waals surface area contributed by atoms with Gasteiger partial charge in [-0.3, -0.25) is 9.59 Å². The summed E-state index contributed by atoms with van der Waals surface area (Å²) in [5, 5.41) is 9.57. The molecule has 162 valence electrons. The zero-order valence-electron chi connectivity index (χ0n) is 17.7. The number of halogens is 1. The first kappa shape index (κ1) is 21.2. The van der Waals surface area contributed by atoms with Crippen LogP contribution in [0.3, 0.4) is 0 Å². The number of ether oxygens (including phenoxy) is 1. The van der Waals surface area contributed by atoms with E-state index in [-0.39, 0.29) is 24.8 Å². The van der Waals surface area contributed by atoms with Gasteiger partial charge in [0.15, 0.2) is 5.60 Å². The average molecular weight is 433 g/mol. The highest BCUT2D eigenvalue weighted by Gasteiger charge is 2.66. The fraction of sp³-hybridized carbons (Fsp3) is 0.545. The molecule has 0 saturated carbocycles. The van der Waals surface area contributed by atoms with E-state index < -0.39 is 31.6 Å². The first-order chi connectivity index (χ1) is 14.2. The Bertz CT molecular complexity index is 902. The molecule has 1 aromatic carbocycles. The van der Waals surface area contributed by atoms with Crippen LogP contribution in [-0.4, -0.2) is 51.1 Å². The molecule has 3 aliphatic rings. The number of aliphatic hydroxyl groups is 1. The molecule has 2 saturated heterocycles. The largest absolute Gasteiger partial charge is 0.396 e. The van der Waals surface area contributed by atoms with Crippen molar-refractivity contribution in [1.29, 1.82) is 0 Å². The van der Waals surface area contributed by atoms with Gasteiger partial charge < -0.3 is 23.8 Å². The lowest BCUT2D eigenvalue weighted by molar-refractivity contribution is -0.146. The van der Waals surface area contributed by atoms with Crippen molar-refractivity contribution >= 4 is 31.6 Å². The van der Waals surface area contributed by atoms with Crippen LogP contribution in [0.4, 0.5) is 15.5 Å². The van der Waals surface area contributed by atoms with Gasteiger partial charge in [0.2, 0.25) is 14.3 Å². The third-order valence-corrected chi connectivity index (χ3v) is 9.29. The van der Waals surface area contributed by atoms with Crippen LogP contribution < -0.4 is 9.80 Å². The van der Waals surface area contributed by atoms with E-state index in [2.05, 4.69) is 6.58 Å². The third kappa shape index (κ3) is 2.88. The molecule has 3 heterocycles. The average Bonchev–Trinajstić information content (AvgIpc) is 3.09. The standard InChI is InChI=1S/C22H29FN2O4Si/c1-5-10-25-17-7-6-15(24-11-8-19(24)27)13-16(17)22(21(25)28)14(2)20(30(3,4)23)18(29-22)9-12-26/h5-7,13-14,18,20,26H,1,8-12H2,2-4H3/t14-,18+,20-,22+/m1/s1. The van der Waals surface area contributed by atoms with Gasteiger partial charge in [0.25, 0.3) is 5.91 Å². The summed E-state index contributed by atoms with van der Waals surface area (Å²) >= 11 is 0. The first-order valence-electron chi connectivity index (χ1n) is 10.5. The Kier molecular flexibility index (Phi) is 5.15. The molecule has 3 aliphatic heterocycles. The monoisotopic (exact) mass is 432 g/mol. The SMILES string of the molecule is C=CCN1C(=O)[C@@]2(O[C@@H](CCO)[C@H]([Si](C)(C)F)[C@H]2C)c2cc(N3CCC3=O)ccc21. The summed E-state index contributed by atoms with van der Waals surface area (Å²) in [4.78, 5) is 29.0. The lowest BCUT2D eigenvalue weighted by Gasteiger charge is -2.33. The highest BCUT2D eigenvalue weighted by Crippen LogP contribution is 2.60. The molecule has 8 heteroatoms. The maximum Gasteiger partial charge on any atom is 0.264 e. The highest BCUT2D eigenvalue weighted by atomic mass is 28.4. The Labute approximate surface area is 177 Å². The van der Waals surface area contributed by atoms with Gasteiger partial charge in [0, 0.05) is 48.8 Å². The summed E-state index contributed by atoms with van der Waals surface area (Å²) in [6, 6.07) is 5.54. The Morgan fingerprint density at radius 3 is 2.67 bits per heavy atom. The van der Waals surface area contributed by atoms with E-state index in [1.807, 2.05) is 25.1 Å². The Morgan fingerprint density at radius 1 is 1.40 bits per heavy atom. The maximum absolute atomic E-state index is 15.4. The fourth-order valence-corrected chi connectivity index (χ4v) is 8.04. The van der Waals surface area contributed by atoms with Gasteiger partial charge in [-0.2, -0.15) is 0 Å². The molecule has 30 heavy (non-hydrogen) atoms. The van der Waals surface area contributed by atoms with Crippen molar-refractivity contribution in [3.8, 4) is 0 Å². The van der Waals surface area contributed by atoms with Gasteiger partial charge in [-0.25, -0.2) is 0 Å². The Morgan fingerprint density at radius 2 is 2.13 bits per heavy atom. The Hall–Kier alpha value is -2.03. The van der Waals surface area contributed by atoms with Crippen LogP contribution in [-0.2, 0) is 19.9 Å². The molecule has 4 atom stereocenters. The summed E-state index contributed by atoms with van der Waals surface area (Å²) in [6.07, 6.45) is 1.92. The zero-order chi connectivity index (χ0) is 21.8. The third-order valence-electron chi connectivity index (χ3n) is 6.83. The summed E-state index contributed by atoms with van der Waals surface area (Å²) in [6.45, 7) is 9.76. The van der Waals surface area contributed by atoms with Crippen molar-refractivity contribution in [2.45, 2.75) is 50.1 Å². The first-order valence-corrected chi connectivity index (χ1v) is 13.5. The van der Waals surface area contributed by atoms with Crippen molar-refractivity contribution < 1.29 is 23.5 Å². The number of hydrogen-bond donors (Lipinski definition) is 1. The van der Waals surface area contributed by atoms with Crippen molar-refractivity contribution in [3.05, 3.63) is 36.4 Å². The van der Waals surface area contributed by atoms with Crippen LogP contribution in [0, 0.1) is 5.92 Å². The van der Waals surface area contributed by atoms with E-state index >= 15 is 4.11 Å². The molecule has 0 aromatic heterocycles. The zero-order valence-corrected chi connectivity index (χ0v) is 18.7. The van der Waals surface area contributed by atoms with Gasteiger partial charge in [0.1, 0.15) is 0 Å². The fourth-order valence-electron chi connectivity index (χ4n) is 5.50. The number of amides is 2. The van der Waals surface area contributed by atoms with Crippen LogP contribution in [0.15, 0.2) is 30.9 Å². The smallest absolute Gasteiger partial charge is 0.264 e. The molecule has 4 rings (SSSR count). The molecule has 1 aromatic rings. The second kappa shape index (κ2) is 7.28. The van der Waals surface area contributed by atoms with Gasteiger partial charge in [0.05, 0.1) is 11.8 Å². The molecule has 2 amide bonds. The molecule has 0 radical (unpaired) electrons. The number of β-lactam (4-membered cyclic amide) rings is 1. The number of hydrogen-bond acceptors (Lipinski definition) is 4. The number of aliphatic hydroxyl groups excluding tert-OH is 1. The van der Waals surface area contributed by atoms with Crippen LogP contribution in [0.2, 0.25) is 18.6 Å². The topological polar surface area (TPSA) is 70.1 Å². The molecular formula is C22H29FN2O4Si. The molecule has 1 N–H and O–H groups in total. The normalized spacial score (nSPS) is 30.8. The lowest BCUT2D eigenvalue weighted by Crippen LogP contribution is -2.45. The molecule has 0 unspecified atom stereocenters. The van der Waals surface area contributed by atoms with Gasteiger partial charge >= 0.3 is 0 Å². The maximum atomic E-state index is 15.4. The van der Waals surface area contributed by atoms with Gasteiger partial charge in [-0.15, -0.1) is 6.58 Å². The second-order valence-corrected chi connectivity index (χ2v) is 12.8. The number of carbonyl (C=O) groups is 2. The summed E-state index contributed by atoms with van der Waals surface area (Å²) in [7, 11) is -3.21. The number of fused-ring (bicyclic) bond motifs is 2. The quantitative estimate of drug-likeness (QED) is 0.325. The van der Waals surface area contributed by atoms with E-state index in [0.29, 0.717) is 30.8 Å². The molecule has 1 spiro atoms. The van der Waals surface area contributed by atoms with E-state index in [0.717, 1.165) is 5.69 Å². The van der Waals surface area contributed by atoms with E-state index in [1.54, 1.807) is 29.0 Å². The van der Waals surface area contributed by atoms with Gasteiger partial charge in [-0.05, 0) is 37.7 Å². The molecule has 2 fully saturated rings. The Balaban J connectivity index is 1.87. The summed E-state index contributed by atoms with van der Waals surface area (Å²) in [5.74, 6) is -0.574. The summed E-state index contributed by atoms with van der Waals surface area (Å²) < 4.78 is 21.8. The number of carbonyl (C=O) groups excluding carboxylic acids is 2. The van der Waals surface area contributed by atoms with E-state index in [9.17, 15) is 14.7 Å². The lowest BCUT2D eigenvalue weighted by atomic mass is 9.82. The molecule has 6 nitrogen and oxygen atoms in total.